The van der Waals surface area contributed by atoms with E-state index in [2.05, 4.69) is 36.5 Å². The number of amides is 1. The van der Waals surface area contributed by atoms with Gasteiger partial charge in [-0.1, -0.05) is 22.8 Å². The lowest BCUT2D eigenvalue weighted by atomic mass is 10.2. The minimum Gasteiger partial charge on any atom is -0.358 e. The molecule has 12 heteroatoms. The van der Waals surface area contributed by atoms with Crippen molar-refractivity contribution in [1.29, 1.82) is 0 Å². The molecule has 1 aromatic carbocycles. The monoisotopic (exact) mass is 442 g/mol. The quantitative estimate of drug-likeness (QED) is 0.463. The molecule has 0 aliphatic heterocycles. The highest BCUT2D eigenvalue weighted by Crippen LogP contribution is 2.24. The number of anilines is 1. The fraction of sp³-hybridized carbons (Fsp3) is 0.0714. The van der Waals surface area contributed by atoms with E-state index in [1.165, 1.54) is 23.0 Å². The van der Waals surface area contributed by atoms with Crippen molar-refractivity contribution in [2.24, 2.45) is 0 Å². The van der Waals surface area contributed by atoms with Gasteiger partial charge in [-0.2, -0.15) is 5.10 Å². The zero-order valence-electron chi connectivity index (χ0n) is 12.7. The van der Waals surface area contributed by atoms with Crippen LogP contribution in [0.15, 0.2) is 34.9 Å². The third kappa shape index (κ3) is 3.73. The lowest BCUT2D eigenvalue weighted by molar-refractivity contribution is -0.389. The molecule has 2 N–H and O–H groups in total. The summed E-state index contributed by atoms with van der Waals surface area (Å²) < 4.78 is 15.7. The lowest BCUT2D eigenvalue weighted by Gasteiger charge is -2.05. The predicted octanol–water partition coefficient (Wildman–Crippen LogP) is 3.37. The molecule has 9 nitrogen and oxygen atoms in total. The second kappa shape index (κ2) is 7.22. The van der Waals surface area contributed by atoms with E-state index in [1.54, 1.807) is 6.07 Å². The predicted molar refractivity (Wildman–Crippen MR) is 93.6 cm³/mol. The Labute approximate surface area is 158 Å². The maximum Gasteiger partial charge on any atom is 0.343 e. The minimum atomic E-state index is -0.702. The molecule has 1 amide bonds. The van der Waals surface area contributed by atoms with Crippen molar-refractivity contribution in [3.8, 4) is 0 Å². The number of H-pyrrole nitrogens is 1. The molecule has 0 aliphatic rings. The first kappa shape index (κ1) is 18.0. The van der Waals surface area contributed by atoms with Crippen LogP contribution in [0.3, 0.4) is 0 Å². The zero-order chi connectivity index (χ0) is 18.8. The van der Waals surface area contributed by atoms with E-state index < -0.39 is 22.5 Å². The van der Waals surface area contributed by atoms with Crippen LogP contribution in [0.25, 0.3) is 0 Å². The molecule has 0 saturated carbocycles. The summed E-state index contributed by atoms with van der Waals surface area (Å²) in [6.07, 6.45) is 1.53. The minimum absolute atomic E-state index is 0.0495. The normalized spacial score (nSPS) is 10.7. The summed E-state index contributed by atoms with van der Waals surface area (Å²) in [7, 11) is 0. The van der Waals surface area contributed by atoms with Gasteiger partial charge in [-0.05, 0) is 33.0 Å². The second-order valence-electron chi connectivity index (χ2n) is 5.07. The van der Waals surface area contributed by atoms with Gasteiger partial charge in [0.15, 0.2) is 11.5 Å². The van der Waals surface area contributed by atoms with E-state index in [4.69, 9.17) is 11.6 Å². The van der Waals surface area contributed by atoms with Crippen LogP contribution in [0, 0.1) is 15.9 Å². The number of nitro groups is 1. The standard InChI is InChI=1S/C14H9BrClFN6O3/c15-8-6-22(5-7-9(16)2-1-3-10(7)17)21-13(8)18-14(24)11-4-12(20-19-11)23(25)26/h1-4,6H,5H2,(H,19,20)(H,18,21,24). The van der Waals surface area contributed by atoms with E-state index in [0.717, 1.165) is 6.07 Å². The summed E-state index contributed by atoms with van der Waals surface area (Å²) in [4.78, 5) is 22.0. The van der Waals surface area contributed by atoms with Crippen LogP contribution >= 0.6 is 27.5 Å². The number of hydrogen-bond donors (Lipinski definition) is 2. The van der Waals surface area contributed by atoms with Gasteiger partial charge in [-0.3, -0.25) is 9.48 Å². The van der Waals surface area contributed by atoms with Gasteiger partial charge in [0.05, 0.1) is 17.1 Å². The smallest absolute Gasteiger partial charge is 0.343 e. The Morgan fingerprint density at radius 1 is 1.50 bits per heavy atom. The molecule has 134 valence electrons. The molecule has 0 saturated heterocycles. The third-order valence-electron chi connectivity index (χ3n) is 3.32. The van der Waals surface area contributed by atoms with Crippen molar-refractivity contribution in [2.75, 3.05) is 5.32 Å². The fourth-order valence-corrected chi connectivity index (χ4v) is 2.74. The highest BCUT2D eigenvalue weighted by Gasteiger charge is 2.19. The first-order valence-electron chi connectivity index (χ1n) is 7.02. The molecule has 0 radical (unpaired) electrons. The third-order valence-corrected chi connectivity index (χ3v) is 4.26. The number of nitrogens with zero attached hydrogens (tertiary/aromatic N) is 4. The number of benzene rings is 1. The summed E-state index contributed by atoms with van der Waals surface area (Å²) in [5.74, 6) is -1.43. The first-order chi connectivity index (χ1) is 12.3. The zero-order valence-corrected chi connectivity index (χ0v) is 15.1. The highest BCUT2D eigenvalue weighted by molar-refractivity contribution is 9.10. The molecular weight excluding hydrogens is 435 g/mol. The molecule has 0 spiro atoms. The second-order valence-corrected chi connectivity index (χ2v) is 6.33. The van der Waals surface area contributed by atoms with Crippen molar-refractivity contribution >= 4 is 45.1 Å². The van der Waals surface area contributed by atoms with Crippen molar-refractivity contribution in [1.82, 2.24) is 20.0 Å². The van der Waals surface area contributed by atoms with Gasteiger partial charge in [0.1, 0.15) is 5.82 Å². The average molecular weight is 444 g/mol. The Balaban J connectivity index is 1.77. The van der Waals surface area contributed by atoms with Gasteiger partial charge in [-0.25, -0.2) is 4.39 Å². The van der Waals surface area contributed by atoms with E-state index in [9.17, 15) is 19.3 Å². The van der Waals surface area contributed by atoms with E-state index in [0.29, 0.717) is 4.47 Å². The van der Waals surface area contributed by atoms with Crippen LogP contribution in [-0.2, 0) is 6.54 Å². The number of nitrogens with one attached hydrogen (secondary N) is 2. The Morgan fingerprint density at radius 3 is 2.92 bits per heavy atom. The molecule has 2 aromatic heterocycles. The molecule has 0 aliphatic carbocycles. The molecular formula is C14H9BrClFN6O3. The van der Waals surface area contributed by atoms with Gasteiger partial charge in [0.25, 0.3) is 5.91 Å². The van der Waals surface area contributed by atoms with Crippen LogP contribution < -0.4 is 5.32 Å². The molecule has 0 atom stereocenters. The van der Waals surface area contributed by atoms with E-state index in [-0.39, 0.29) is 28.6 Å². The molecule has 3 aromatic rings. The van der Waals surface area contributed by atoms with Crippen LogP contribution in [0.5, 0.6) is 0 Å². The number of aromatic nitrogens is 4. The van der Waals surface area contributed by atoms with Gasteiger partial charge in [0.2, 0.25) is 0 Å². The summed E-state index contributed by atoms with van der Waals surface area (Å²) in [6.45, 7) is 0.0495. The van der Waals surface area contributed by atoms with Crippen LogP contribution in [-0.4, -0.2) is 30.8 Å². The SMILES string of the molecule is O=C(Nc1nn(Cc2c(F)cccc2Cl)cc1Br)c1cc([N+](=O)[O-])[nH]n1. The lowest BCUT2D eigenvalue weighted by Crippen LogP contribution is -2.13. The molecule has 0 fully saturated rings. The van der Waals surface area contributed by atoms with Gasteiger partial charge >= 0.3 is 5.82 Å². The summed E-state index contributed by atoms with van der Waals surface area (Å²) in [6, 6.07) is 5.34. The van der Waals surface area contributed by atoms with Crippen LogP contribution in [0.2, 0.25) is 5.02 Å². The van der Waals surface area contributed by atoms with Gasteiger partial charge in [-0.15, -0.1) is 5.10 Å². The Morgan fingerprint density at radius 2 is 2.27 bits per heavy atom. The van der Waals surface area contributed by atoms with E-state index >= 15 is 0 Å². The van der Waals surface area contributed by atoms with Crippen molar-refractivity contribution < 1.29 is 14.1 Å². The van der Waals surface area contributed by atoms with E-state index in [1.807, 2.05) is 0 Å². The summed E-state index contributed by atoms with van der Waals surface area (Å²) in [5.41, 5.74) is 0.0836. The molecule has 2 heterocycles. The van der Waals surface area contributed by atoms with Crippen LogP contribution in [0.1, 0.15) is 16.1 Å². The largest absolute Gasteiger partial charge is 0.358 e. The molecule has 26 heavy (non-hydrogen) atoms. The van der Waals surface area contributed by atoms with Gasteiger partial charge in [0, 0.05) is 16.8 Å². The number of aromatic amines is 1. The Hall–Kier alpha value is -2.79. The fourth-order valence-electron chi connectivity index (χ4n) is 2.10. The molecule has 3 rings (SSSR count). The Bertz CT molecular complexity index is 984. The molecule has 0 bridgehead atoms. The topological polar surface area (TPSA) is 119 Å². The summed E-state index contributed by atoms with van der Waals surface area (Å²) in [5, 5.41) is 23.2. The van der Waals surface area contributed by atoms with Crippen molar-refractivity contribution in [2.45, 2.75) is 6.54 Å². The average Bonchev–Trinajstić information content (AvgIpc) is 3.19. The number of rotatable bonds is 5. The van der Waals surface area contributed by atoms with Crippen LogP contribution in [0.4, 0.5) is 16.0 Å². The highest BCUT2D eigenvalue weighted by atomic mass is 79.9. The summed E-state index contributed by atoms with van der Waals surface area (Å²) >= 11 is 9.22. The number of hydrogen-bond acceptors (Lipinski definition) is 5. The van der Waals surface area contributed by atoms with Crippen molar-refractivity contribution in [3.63, 3.8) is 0 Å². The Kier molecular flexibility index (Phi) is 5.00. The first-order valence-corrected chi connectivity index (χ1v) is 8.19. The van der Waals surface area contributed by atoms with Gasteiger partial charge < -0.3 is 15.4 Å². The number of carbonyl (C=O) groups is 1. The maximum absolute atomic E-state index is 13.9. The number of halogens is 3. The number of carbonyl (C=O) groups excluding carboxylic acids is 1. The van der Waals surface area contributed by atoms with Crippen molar-refractivity contribution in [3.05, 3.63) is 67.1 Å². The molecule has 0 unspecified atom stereocenters. The maximum atomic E-state index is 13.9.